The number of thiophene rings is 2. The Kier molecular flexibility index (Phi) is 8.22. The van der Waals surface area contributed by atoms with E-state index in [1.165, 1.54) is 56.7 Å². The van der Waals surface area contributed by atoms with Crippen molar-refractivity contribution in [3.05, 3.63) is 213 Å². The van der Waals surface area contributed by atoms with Gasteiger partial charge >= 0.3 is 0 Å². The van der Waals surface area contributed by atoms with Crippen molar-refractivity contribution in [1.29, 1.82) is 0 Å². The van der Waals surface area contributed by atoms with E-state index in [-0.39, 0.29) is 0 Å². The Labute approximate surface area is 370 Å². The van der Waals surface area contributed by atoms with E-state index < -0.39 is 0 Å². The summed E-state index contributed by atoms with van der Waals surface area (Å²) < 4.78 is 12.2. The number of hydrogen-bond donors (Lipinski definition) is 0. The molecule has 0 fully saturated rings. The Morgan fingerprint density at radius 3 is 1.94 bits per heavy atom. The van der Waals surface area contributed by atoms with Crippen molar-refractivity contribution in [2.24, 2.45) is 0 Å². The molecule has 0 radical (unpaired) electrons. The van der Waals surface area contributed by atoms with Crippen LogP contribution in [0.25, 0.3) is 84.2 Å². The van der Waals surface area contributed by atoms with Gasteiger partial charge in [-0.3, -0.25) is 4.98 Å². The first-order valence-corrected chi connectivity index (χ1v) is 22.7. The van der Waals surface area contributed by atoms with E-state index in [4.69, 9.17) is 4.42 Å². The molecule has 0 aliphatic carbocycles. The molecule has 0 atom stereocenters. The number of para-hydroxylation sites is 2. The maximum absolute atomic E-state index is 7.09. The van der Waals surface area contributed by atoms with Gasteiger partial charge in [0.05, 0.1) is 17.6 Å². The zero-order valence-corrected chi connectivity index (χ0v) is 35.4. The molecule has 0 unspecified atom stereocenters. The molecule has 63 heavy (non-hydrogen) atoms. The van der Waals surface area contributed by atoms with E-state index in [9.17, 15) is 0 Å². The second kappa shape index (κ2) is 14.4. The predicted octanol–water partition coefficient (Wildman–Crippen LogP) is 17.5. The van der Waals surface area contributed by atoms with Crippen molar-refractivity contribution in [2.45, 2.75) is 0 Å². The lowest BCUT2D eigenvalue weighted by Gasteiger charge is -2.29. The Hall–Kier alpha value is -7.77. The molecule has 6 heteroatoms. The smallest absolute Gasteiger partial charge is 0.159 e. The van der Waals surface area contributed by atoms with E-state index in [1.54, 1.807) is 0 Å². The molecule has 0 saturated carbocycles. The van der Waals surface area contributed by atoms with Crippen LogP contribution in [-0.2, 0) is 0 Å². The zero-order valence-electron chi connectivity index (χ0n) is 33.8. The van der Waals surface area contributed by atoms with Crippen LogP contribution < -0.4 is 9.80 Å². The zero-order chi connectivity index (χ0) is 41.4. The van der Waals surface area contributed by atoms with Crippen molar-refractivity contribution < 1.29 is 4.42 Å². The summed E-state index contributed by atoms with van der Waals surface area (Å²) in [4.78, 5) is 9.24. The summed E-state index contributed by atoms with van der Waals surface area (Å²) in [5.74, 6) is 0. The highest BCUT2D eigenvalue weighted by Gasteiger charge is 2.25. The molecule has 13 aromatic rings. The Morgan fingerprint density at radius 1 is 0.397 bits per heavy atom. The molecule has 0 N–H and O–H groups in total. The number of nitrogens with zero attached hydrogens (tertiary/aromatic N) is 3. The van der Waals surface area contributed by atoms with Crippen molar-refractivity contribution in [3.63, 3.8) is 0 Å². The van der Waals surface area contributed by atoms with Crippen molar-refractivity contribution in [2.75, 3.05) is 9.80 Å². The van der Waals surface area contributed by atoms with E-state index >= 15 is 0 Å². The third-order valence-corrected chi connectivity index (χ3v) is 14.6. The lowest BCUT2D eigenvalue weighted by molar-refractivity contribution is 0.669. The molecule has 0 aliphatic rings. The summed E-state index contributed by atoms with van der Waals surface area (Å²) in [6.45, 7) is 0. The first-order chi connectivity index (χ1) is 31.2. The number of benzene rings is 9. The van der Waals surface area contributed by atoms with Gasteiger partial charge in [-0.1, -0.05) is 109 Å². The first kappa shape index (κ1) is 35.9. The minimum absolute atomic E-state index is 0.817. The minimum atomic E-state index is 0.817. The van der Waals surface area contributed by atoms with Crippen LogP contribution in [0.1, 0.15) is 0 Å². The average Bonchev–Trinajstić information content (AvgIpc) is 4.03. The van der Waals surface area contributed by atoms with Crippen molar-refractivity contribution in [1.82, 2.24) is 4.98 Å². The molecular formula is C57H35N3OS2. The summed E-state index contributed by atoms with van der Waals surface area (Å²) >= 11 is 3.70. The Bertz CT molecular complexity index is 3830. The monoisotopic (exact) mass is 841 g/mol. The molecule has 0 amide bonds. The maximum Gasteiger partial charge on any atom is 0.159 e. The fourth-order valence-corrected chi connectivity index (χ4v) is 11.8. The van der Waals surface area contributed by atoms with Gasteiger partial charge in [0.25, 0.3) is 0 Å². The number of aromatic nitrogens is 1. The summed E-state index contributed by atoms with van der Waals surface area (Å²) in [6, 6.07) is 72.2. The first-order valence-electron chi connectivity index (χ1n) is 21.1. The normalized spacial score (nSPS) is 11.8. The van der Waals surface area contributed by atoms with Gasteiger partial charge in [0, 0.05) is 80.1 Å². The maximum atomic E-state index is 7.09. The summed E-state index contributed by atoms with van der Waals surface area (Å²) in [5.41, 5.74) is 10.0. The molecule has 0 aliphatic heterocycles. The van der Waals surface area contributed by atoms with E-state index in [2.05, 4.69) is 209 Å². The second-order valence-electron chi connectivity index (χ2n) is 16.0. The van der Waals surface area contributed by atoms with E-state index in [1.807, 2.05) is 41.1 Å². The number of anilines is 6. The molecule has 9 aromatic carbocycles. The fraction of sp³-hybridized carbons (Fsp3) is 0. The highest BCUT2D eigenvalue weighted by Crippen LogP contribution is 2.49. The molecule has 0 bridgehead atoms. The Balaban J connectivity index is 1.08. The van der Waals surface area contributed by atoms with Crippen LogP contribution in [0.4, 0.5) is 34.1 Å². The number of pyridine rings is 1. The lowest BCUT2D eigenvalue weighted by atomic mass is 9.99. The number of rotatable bonds is 7. The van der Waals surface area contributed by atoms with E-state index in [0.29, 0.717) is 0 Å². The van der Waals surface area contributed by atoms with Gasteiger partial charge in [-0.15, -0.1) is 22.7 Å². The Morgan fingerprint density at radius 2 is 1.11 bits per heavy atom. The number of hydrogen-bond acceptors (Lipinski definition) is 6. The van der Waals surface area contributed by atoms with Gasteiger partial charge in [0.1, 0.15) is 5.58 Å². The number of furan rings is 1. The predicted molar refractivity (Wildman–Crippen MR) is 270 cm³/mol. The third-order valence-electron chi connectivity index (χ3n) is 12.3. The van der Waals surface area contributed by atoms with Crippen molar-refractivity contribution in [3.8, 4) is 11.1 Å². The molecule has 13 rings (SSSR count). The quantitative estimate of drug-likeness (QED) is 0.160. The lowest BCUT2D eigenvalue weighted by Crippen LogP contribution is -2.13. The largest absolute Gasteiger partial charge is 0.454 e. The van der Waals surface area contributed by atoms with Crippen molar-refractivity contribution >= 4 is 130 Å². The van der Waals surface area contributed by atoms with Crippen LogP contribution in [0, 0.1) is 0 Å². The van der Waals surface area contributed by atoms with Gasteiger partial charge in [0.2, 0.25) is 0 Å². The van der Waals surface area contributed by atoms with Gasteiger partial charge in [-0.2, -0.15) is 0 Å². The minimum Gasteiger partial charge on any atom is -0.454 e. The van der Waals surface area contributed by atoms with Gasteiger partial charge < -0.3 is 14.2 Å². The highest BCUT2D eigenvalue weighted by atomic mass is 32.1. The molecule has 296 valence electrons. The van der Waals surface area contributed by atoms with Crippen LogP contribution >= 0.6 is 22.7 Å². The second-order valence-corrected chi connectivity index (χ2v) is 18.1. The standard InChI is InChI=1S/C57H35N3OS2/c1-3-15-39(16-4-1)59(42-19-12-28-58-35-42)43-32-50-48-30-38(44-21-11-22-47-49-29-36-13-7-8-14-37(36)31-54(49)63-57(44)47)24-27-52(48)61-56(50)51(33-43)60(40-17-5-2-6-18-40)41-25-26-46-45-20-9-10-23-53(45)62-55(46)34-41/h1-35H. The average molecular weight is 842 g/mol. The van der Waals surface area contributed by atoms with Gasteiger partial charge in [-0.05, 0) is 113 Å². The van der Waals surface area contributed by atoms with Crippen LogP contribution in [0.3, 0.4) is 0 Å². The molecule has 4 heterocycles. The summed E-state index contributed by atoms with van der Waals surface area (Å²) in [6.07, 6.45) is 3.76. The molecule has 4 nitrogen and oxygen atoms in total. The SMILES string of the molecule is c1ccc(N(c2cccnc2)c2cc(N(c3ccccc3)c3ccc4c(c3)sc3ccccc34)c3oc4ccc(-c5cccc6c5sc5cc7ccccc7cc56)cc4c3c2)cc1. The highest BCUT2D eigenvalue weighted by molar-refractivity contribution is 7.26. The third kappa shape index (κ3) is 5.91. The molecule has 4 aromatic heterocycles. The van der Waals surface area contributed by atoms with Crippen LogP contribution in [-0.4, -0.2) is 4.98 Å². The molecule has 0 spiro atoms. The molecular weight excluding hydrogens is 807 g/mol. The van der Waals surface area contributed by atoms with E-state index in [0.717, 1.165) is 61.6 Å². The topological polar surface area (TPSA) is 32.5 Å². The summed E-state index contributed by atoms with van der Waals surface area (Å²) in [5, 5.41) is 9.73. The number of fused-ring (bicyclic) bond motifs is 10. The fourth-order valence-electron chi connectivity index (χ4n) is 9.39. The van der Waals surface area contributed by atoms with Crippen LogP contribution in [0.2, 0.25) is 0 Å². The van der Waals surface area contributed by atoms with Gasteiger partial charge in [-0.25, -0.2) is 0 Å². The van der Waals surface area contributed by atoms with Crippen LogP contribution in [0.15, 0.2) is 217 Å². The van der Waals surface area contributed by atoms with Gasteiger partial charge in [0.15, 0.2) is 5.58 Å². The molecule has 0 saturated heterocycles. The van der Waals surface area contributed by atoms with Crippen LogP contribution in [0.5, 0.6) is 0 Å². The summed E-state index contributed by atoms with van der Waals surface area (Å²) in [7, 11) is 0.